The number of rotatable bonds is 7. The van der Waals surface area contributed by atoms with Crippen molar-refractivity contribution in [1.29, 1.82) is 0 Å². The molecule has 28 heavy (non-hydrogen) atoms. The first-order valence-electron chi connectivity index (χ1n) is 10.4. The van der Waals surface area contributed by atoms with E-state index < -0.39 is 0 Å². The SMILES string of the molecule is CCC(CC)C(CNC(=O)c1cc(C)nc2c1c(C)nn2C)N1CCOCC1. The van der Waals surface area contributed by atoms with Crippen LogP contribution in [0.15, 0.2) is 6.07 Å². The minimum atomic E-state index is -0.0455. The Bertz CT molecular complexity index is 822. The molecule has 1 N–H and O–H groups in total. The Balaban J connectivity index is 1.82. The fourth-order valence-electron chi connectivity index (χ4n) is 4.38. The van der Waals surface area contributed by atoms with E-state index in [1.54, 1.807) is 4.68 Å². The van der Waals surface area contributed by atoms with Gasteiger partial charge in [0.25, 0.3) is 5.91 Å². The number of pyridine rings is 1. The van der Waals surface area contributed by atoms with E-state index in [0.29, 0.717) is 24.1 Å². The molecule has 7 nitrogen and oxygen atoms in total. The van der Waals surface area contributed by atoms with Crippen LogP contribution in [0.2, 0.25) is 0 Å². The molecule has 0 bridgehead atoms. The van der Waals surface area contributed by atoms with Gasteiger partial charge in [-0.2, -0.15) is 5.10 Å². The lowest BCUT2D eigenvalue weighted by molar-refractivity contribution is 0.00191. The Morgan fingerprint density at radius 1 is 1.25 bits per heavy atom. The molecule has 0 aliphatic carbocycles. The quantitative estimate of drug-likeness (QED) is 0.790. The summed E-state index contributed by atoms with van der Waals surface area (Å²) in [5.74, 6) is 0.508. The summed E-state index contributed by atoms with van der Waals surface area (Å²) in [5.41, 5.74) is 3.08. The van der Waals surface area contributed by atoms with Crippen LogP contribution >= 0.6 is 0 Å². The van der Waals surface area contributed by atoms with Crippen molar-refractivity contribution in [2.75, 3.05) is 32.8 Å². The van der Waals surface area contributed by atoms with Gasteiger partial charge in [0.15, 0.2) is 5.65 Å². The third-order valence-corrected chi connectivity index (χ3v) is 5.92. The molecule has 1 fully saturated rings. The summed E-state index contributed by atoms with van der Waals surface area (Å²) in [6.07, 6.45) is 2.21. The van der Waals surface area contributed by atoms with E-state index in [2.05, 4.69) is 34.1 Å². The number of carbonyl (C=O) groups is 1. The number of hydrogen-bond acceptors (Lipinski definition) is 5. The topological polar surface area (TPSA) is 72.3 Å². The Labute approximate surface area is 167 Å². The molecule has 1 unspecified atom stereocenters. The Kier molecular flexibility index (Phi) is 6.67. The van der Waals surface area contributed by atoms with Crippen molar-refractivity contribution < 1.29 is 9.53 Å². The molecule has 0 radical (unpaired) electrons. The lowest BCUT2D eigenvalue weighted by Gasteiger charge is -2.38. The fourth-order valence-corrected chi connectivity index (χ4v) is 4.38. The number of morpholine rings is 1. The van der Waals surface area contributed by atoms with E-state index in [1.165, 1.54) is 0 Å². The fraction of sp³-hybridized carbons (Fsp3) is 0.667. The Hall–Kier alpha value is -1.99. The molecule has 7 heteroatoms. The summed E-state index contributed by atoms with van der Waals surface area (Å²) in [4.78, 5) is 20.2. The standard InChI is InChI=1S/C21H33N5O2/c1-6-16(7-2)18(26-8-10-28-11-9-26)13-22-21(27)17-12-14(3)23-20-19(17)15(4)24-25(20)5/h12,16,18H,6-11,13H2,1-5H3,(H,22,27). The van der Waals surface area contributed by atoms with Gasteiger partial charge in [-0.25, -0.2) is 4.98 Å². The molecule has 0 aromatic carbocycles. The first-order valence-corrected chi connectivity index (χ1v) is 10.4. The number of nitrogens with one attached hydrogen (secondary N) is 1. The minimum Gasteiger partial charge on any atom is -0.379 e. The molecule has 3 heterocycles. The van der Waals surface area contributed by atoms with E-state index in [1.807, 2.05) is 27.0 Å². The third-order valence-electron chi connectivity index (χ3n) is 5.92. The van der Waals surface area contributed by atoms with E-state index in [9.17, 15) is 4.79 Å². The van der Waals surface area contributed by atoms with Crippen LogP contribution in [-0.2, 0) is 11.8 Å². The number of ether oxygens (including phenoxy) is 1. The highest BCUT2D eigenvalue weighted by Crippen LogP contribution is 2.23. The zero-order valence-corrected chi connectivity index (χ0v) is 17.8. The maximum atomic E-state index is 13.1. The number of aromatic nitrogens is 3. The molecular weight excluding hydrogens is 354 g/mol. The molecule has 1 aliphatic rings. The van der Waals surface area contributed by atoms with Crippen molar-refractivity contribution in [3.05, 3.63) is 23.0 Å². The molecule has 1 aliphatic heterocycles. The van der Waals surface area contributed by atoms with Crippen LogP contribution in [0.4, 0.5) is 0 Å². The number of amides is 1. The summed E-state index contributed by atoms with van der Waals surface area (Å²) < 4.78 is 7.27. The van der Waals surface area contributed by atoms with Gasteiger partial charge < -0.3 is 10.1 Å². The minimum absolute atomic E-state index is 0.0455. The number of fused-ring (bicyclic) bond motifs is 1. The molecule has 3 rings (SSSR count). The zero-order valence-electron chi connectivity index (χ0n) is 17.8. The van der Waals surface area contributed by atoms with Gasteiger partial charge in [0.05, 0.1) is 29.9 Å². The molecular formula is C21H33N5O2. The van der Waals surface area contributed by atoms with Gasteiger partial charge in [-0.1, -0.05) is 26.7 Å². The lowest BCUT2D eigenvalue weighted by Crippen LogP contribution is -2.52. The zero-order chi connectivity index (χ0) is 20.3. The molecule has 1 amide bonds. The van der Waals surface area contributed by atoms with Gasteiger partial charge in [-0.05, 0) is 25.8 Å². The van der Waals surface area contributed by atoms with E-state index in [0.717, 1.165) is 61.6 Å². The molecule has 0 spiro atoms. The van der Waals surface area contributed by atoms with Crippen LogP contribution in [-0.4, -0.2) is 64.5 Å². The van der Waals surface area contributed by atoms with Crippen molar-refractivity contribution in [3.8, 4) is 0 Å². The second kappa shape index (κ2) is 9.01. The van der Waals surface area contributed by atoms with Gasteiger partial charge >= 0.3 is 0 Å². The molecule has 2 aromatic heterocycles. The molecule has 1 atom stereocenters. The number of aryl methyl sites for hydroxylation is 3. The van der Waals surface area contributed by atoms with Gasteiger partial charge in [0.2, 0.25) is 0 Å². The average molecular weight is 388 g/mol. The highest BCUT2D eigenvalue weighted by Gasteiger charge is 2.28. The monoisotopic (exact) mass is 387 g/mol. The van der Waals surface area contributed by atoms with Gasteiger partial charge in [0, 0.05) is 38.4 Å². The first-order chi connectivity index (χ1) is 13.5. The maximum absolute atomic E-state index is 13.1. The van der Waals surface area contributed by atoms with Crippen LogP contribution < -0.4 is 5.32 Å². The number of nitrogens with zero attached hydrogens (tertiary/aromatic N) is 4. The molecule has 2 aromatic rings. The Morgan fingerprint density at radius 3 is 2.57 bits per heavy atom. The Morgan fingerprint density at radius 2 is 1.93 bits per heavy atom. The van der Waals surface area contributed by atoms with Crippen LogP contribution in [0.5, 0.6) is 0 Å². The summed E-state index contributed by atoms with van der Waals surface area (Å²) in [6, 6.07) is 2.20. The maximum Gasteiger partial charge on any atom is 0.252 e. The van der Waals surface area contributed by atoms with E-state index >= 15 is 0 Å². The average Bonchev–Trinajstić information content (AvgIpc) is 2.98. The summed E-state index contributed by atoms with van der Waals surface area (Å²) >= 11 is 0. The van der Waals surface area contributed by atoms with Crippen LogP contribution in [0.3, 0.4) is 0 Å². The van der Waals surface area contributed by atoms with Gasteiger partial charge in [-0.15, -0.1) is 0 Å². The second-order valence-electron chi connectivity index (χ2n) is 7.72. The normalized spacial score (nSPS) is 16.6. The van der Waals surface area contributed by atoms with Crippen molar-refractivity contribution in [2.24, 2.45) is 13.0 Å². The molecule has 154 valence electrons. The van der Waals surface area contributed by atoms with Crippen LogP contribution in [0.1, 0.15) is 48.4 Å². The van der Waals surface area contributed by atoms with E-state index in [4.69, 9.17) is 4.74 Å². The van der Waals surface area contributed by atoms with Gasteiger partial charge in [0.1, 0.15) is 0 Å². The first kappa shape index (κ1) is 20.7. The van der Waals surface area contributed by atoms with E-state index in [-0.39, 0.29) is 5.91 Å². The highest BCUT2D eigenvalue weighted by atomic mass is 16.5. The lowest BCUT2D eigenvalue weighted by atomic mass is 9.92. The second-order valence-corrected chi connectivity index (χ2v) is 7.72. The molecule has 0 saturated carbocycles. The predicted molar refractivity (Wildman–Crippen MR) is 111 cm³/mol. The van der Waals surface area contributed by atoms with Crippen molar-refractivity contribution in [2.45, 2.75) is 46.6 Å². The van der Waals surface area contributed by atoms with Crippen molar-refractivity contribution in [3.63, 3.8) is 0 Å². The van der Waals surface area contributed by atoms with Crippen LogP contribution in [0, 0.1) is 19.8 Å². The number of carbonyl (C=O) groups excluding carboxylic acids is 1. The van der Waals surface area contributed by atoms with Gasteiger partial charge in [-0.3, -0.25) is 14.4 Å². The smallest absolute Gasteiger partial charge is 0.252 e. The highest BCUT2D eigenvalue weighted by molar-refractivity contribution is 6.06. The van der Waals surface area contributed by atoms with Crippen molar-refractivity contribution >= 4 is 16.9 Å². The summed E-state index contributed by atoms with van der Waals surface area (Å²) in [7, 11) is 1.87. The largest absolute Gasteiger partial charge is 0.379 e. The van der Waals surface area contributed by atoms with Crippen molar-refractivity contribution in [1.82, 2.24) is 25.0 Å². The predicted octanol–water partition coefficient (Wildman–Crippen LogP) is 2.45. The van der Waals surface area contributed by atoms with Crippen LogP contribution in [0.25, 0.3) is 11.0 Å². The summed E-state index contributed by atoms with van der Waals surface area (Å²) in [6.45, 7) is 12.3. The number of hydrogen-bond donors (Lipinski definition) is 1. The third kappa shape index (κ3) is 4.20. The summed E-state index contributed by atoms with van der Waals surface area (Å²) in [5, 5.41) is 8.51. The molecule has 1 saturated heterocycles.